The second-order valence-corrected chi connectivity index (χ2v) is 3.43. The lowest BCUT2D eigenvalue weighted by molar-refractivity contribution is -0.165. The Morgan fingerprint density at radius 1 is 1.43 bits per heavy atom. The van der Waals surface area contributed by atoms with Crippen LogP contribution in [-0.2, 0) is 4.74 Å². The first-order valence-corrected chi connectivity index (χ1v) is 4.48. The molecule has 0 radical (unpaired) electrons. The summed E-state index contributed by atoms with van der Waals surface area (Å²) in [7, 11) is 0. The van der Waals surface area contributed by atoms with E-state index in [4.69, 9.17) is 15.4 Å². The molecule has 80 valence electrons. The molecule has 1 heterocycles. The van der Waals surface area contributed by atoms with Crippen LogP contribution in [0.1, 0.15) is 0 Å². The fourth-order valence-electron chi connectivity index (χ4n) is 1.27. The van der Waals surface area contributed by atoms with Gasteiger partial charge in [0.1, 0.15) is 23.7 Å². The zero-order valence-electron chi connectivity index (χ0n) is 7.13. The van der Waals surface area contributed by atoms with Gasteiger partial charge in [-0.3, -0.25) is 0 Å². The molecule has 0 aromatic carbocycles. The number of rotatable bonds is 2. The molecule has 0 spiro atoms. The minimum atomic E-state index is -1.28. The number of azide groups is 1. The molecule has 5 atom stereocenters. The maximum absolute atomic E-state index is 9.49. The van der Waals surface area contributed by atoms with Crippen LogP contribution in [-0.4, -0.2) is 51.7 Å². The fraction of sp³-hybridized carbons (Fsp3) is 1.00. The number of ether oxygens (including phenoxy) is 1. The summed E-state index contributed by atoms with van der Waals surface area (Å²) >= 11 is 3.93. The largest absolute Gasteiger partial charge is 0.394 e. The first-order chi connectivity index (χ1) is 6.61. The molecule has 1 saturated heterocycles. The summed E-state index contributed by atoms with van der Waals surface area (Å²) in [6.45, 7) is -0.432. The first-order valence-electron chi connectivity index (χ1n) is 3.96. The van der Waals surface area contributed by atoms with E-state index >= 15 is 0 Å². The second-order valence-electron chi connectivity index (χ2n) is 2.92. The van der Waals surface area contributed by atoms with Crippen molar-refractivity contribution in [3.63, 3.8) is 0 Å². The zero-order valence-corrected chi connectivity index (χ0v) is 8.03. The molecular formula is C6H11N3O4S. The molecule has 14 heavy (non-hydrogen) atoms. The second kappa shape index (κ2) is 4.83. The van der Waals surface area contributed by atoms with E-state index in [9.17, 15) is 10.2 Å². The van der Waals surface area contributed by atoms with Crippen molar-refractivity contribution in [2.24, 2.45) is 5.11 Å². The number of nitrogens with zero attached hydrogens (tertiary/aromatic N) is 3. The Hall–Kier alpha value is -0.500. The summed E-state index contributed by atoms with van der Waals surface area (Å²) in [5.41, 5.74) is 7.36. The lowest BCUT2D eigenvalue weighted by Crippen LogP contribution is -2.56. The van der Waals surface area contributed by atoms with Gasteiger partial charge in [0.15, 0.2) is 0 Å². The van der Waals surface area contributed by atoms with Crippen LogP contribution in [0, 0.1) is 0 Å². The Morgan fingerprint density at radius 2 is 2.07 bits per heavy atom. The van der Waals surface area contributed by atoms with E-state index in [1.807, 2.05) is 0 Å². The first kappa shape index (κ1) is 11.6. The van der Waals surface area contributed by atoms with Gasteiger partial charge >= 0.3 is 0 Å². The highest BCUT2D eigenvalue weighted by molar-refractivity contribution is 7.80. The van der Waals surface area contributed by atoms with Gasteiger partial charge in [0.05, 0.1) is 12.7 Å². The van der Waals surface area contributed by atoms with Gasteiger partial charge in [0.2, 0.25) is 0 Å². The molecule has 0 amide bonds. The molecule has 1 fully saturated rings. The van der Waals surface area contributed by atoms with Crippen molar-refractivity contribution in [3.05, 3.63) is 10.4 Å². The average Bonchev–Trinajstić information content (AvgIpc) is 2.18. The van der Waals surface area contributed by atoms with Crippen molar-refractivity contribution in [3.8, 4) is 0 Å². The van der Waals surface area contributed by atoms with E-state index in [0.29, 0.717) is 0 Å². The van der Waals surface area contributed by atoms with Crippen LogP contribution in [0.5, 0.6) is 0 Å². The quantitative estimate of drug-likeness (QED) is 0.208. The van der Waals surface area contributed by atoms with E-state index in [0.717, 1.165) is 0 Å². The Labute approximate surface area is 85.3 Å². The summed E-state index contributed by atoms with van der Waals surface area (Å²) in [6, 6.07) is -0.957. The van der Waals surface area contributed by atoms with Crippen LogP contribution in [0.15, 0.2) is 5.11 Å². The number of hydrogen-bond donors (Lipinski definition) is 4. The van der Waals surface area contributed by atoms with Crippen LogP contribution in [0.4, 0.5) is 0 Å². The summed E-state index contributed by atoms with van der Waals surface area (Å²) in [5, 5.41) is 30.9. The Kier molecular flexibility index (Phi) is 3.99. The lowest BCUT2D eigenvalue weighted by atomic mass is 9.99. The van der Waals surface area contributed by atoms with Crippen molar-refractivity contribution in [1.29, 1.82) is 0 Å². The van der Waals surface area contributed by atoms with Crippen LogP contribution < -0.4 is 0 Å². The molecule has 3 N–H and O–H groups in total. The molecular weight excluding hydrogens is 210 g/mol. The Bertz CT molecular complexity index is 247. The number of aliphatic hydroxyl groups excluding tert-OH is 3. The monoisotopic (exact) mass is 221 g/mol. The highest BCUT2D eigenvalue weighted by Crippen LogP contribution is 2.25. The molecule has 0 saturated carbocycles. The minimum Gasteiger partial charge on any atom is -0.394 e. The van der Waals surface area contributed by atoms with Gasteiger partial charge in [0, 0.05) is 4.91 Å². The van der Waals surface area contributed by atoms with Gasteiger partial charge in [-0.2, -0.15) is 0 Å². The van der Waals surface area contributed by atoms with E-state index in [1.165, 1.54) is 0 Å². The van der Waals surface area contributed by atoms with E-state index in [1.54, 1.807) is 0 Å². The van der Waals surface area contributed by atoms with Crippen molar-refractivity contribution in [2.75, 3.05) is 6.61 Å². The fourth-order valence-corrected chi connectivity index (χ4v) is 1.66. The summed E-state index contributed by atoms with van der Waals surface area (Å²) in [6.07, 6.45) is -3.46. The van der Waals surface area contributed by atoms with Gasteiger partial charge in [0.25, 0.3) is 0 Å². The van der Waals surface area contributed by atoms with Crippen LogP contribution in [0.25, 0.3) is 10.4 Å². The number of aliphatic hydroxyl groups is 3. The van der Waals surface area contributed by atoms with Crippen molar-refractivity contribution >= 4 is 12.6 Å². The van der Waals surface area contributed by atoms with Crippen LogP contribution in [0.2, 0.25) is 0 Å². The highest BCUT2D eigenvalue weighted by Gasteiger charge is 2.42. The Morgan fingerprint density at radius 3 is 2.57 bits per heavy atom. The molecule has 8 heteroatoms. The maximum Gasteiger partial charge on any atom is 0.112 e. The molecule has 0 aliphatic carbocycles. The third-order valence-electron chi connectivity index (χ3n) is 2.05. The molecule has 7 nitrogen and oxygen atoms in total. The van der Waals surface area contributed by atoms with Crippen LogP contribution in [0.3, 0.4) is 0 Å². The molecule has 1 aliphatic rings. The average molecular weight is 221 g/mol. The SMILES string of the molecule is [N-]=[N+]=N[C@@H]1[C@@H](O)[C@H](O)[C@@H](CO)O[C@H]1S. The molecule has 0 aromatic heterocycles. The molecule has 1 rings (SSSR count). The summed E-state index contributed by atoms with van der Waals surface area (Å²) in [5.74, 6) is 0. The minimum absolute atomic E-state index is 0.432. The number of thiol groups is 1. The van der Waals surface area contributed by atoms with E-state index < -0.39 is 36.4 Å². The lowest BCUT2D eigenvalue weighted by Gasteiger charge is -2.38. The Balaban J connectivity index is 2.78. The van der Waals surface area contributed by atoms with Gasteiger partial charge in [-0.05, 0) is 5.53 Å². The third kappa shape index (κ3) is 2.11. The molecule has 0 aromatic rings. The number of hydrogen-bond acceptors (Lipinski definition) is 6. The standard InChI is InChI=1S/C6H11N3O4S/c7-9-8-3-5(12)4(11)2(1-10)13-6(3)14/h2-6,10-12,14H,1H2/t2-,3-,4-,5-,6+/m1/s1. The normalized spacial score (nSPS) is 43.0. The topological polar surface area (TPSA) is 119 Å². The third-order valence-corrected chi connectivity index (χ3v) is 2.48. The highest BCUT2D eigenvalue weighted by atomic mass is 32.1. The van der Waals surface area contributed by atoms with Crippen molar-refractivity contribution < 1.29 is 20.1 Å². The summed E-state index contributed by atoms with van der Waals surface area (Å²) < 4.78 is 5.02. The van der Waals surface area contributed by atoms with Gasteiger partial charge in [-0.25, -0.2) is 0 Å². The van der Waals surface area contributed by atoms with Crippen LogP contribution >= 0.6 is 12.6 Å². The smallest absolute Gasteiger partial charge is 0.112 e. The van der Waals surface area contributed by atoms with Gasteiger partial charge < -0.3 is 20.1 Å². The van der Waals surface area contributed by atoms with E-state index in [-0.39, 0.29) is 0 Å². The summed E-state index contributed by atoms with van der Waals surface area (Å²) in [4.78, 5) is 2.51. The van der Waals surface area contributed by atoms with Crippen molar-refractivity contribution in [1.82, 2.24) is 0 Å². The van der Waals surface area contributed by atoms with Crippen molar-refractivity contribution in [2.45, 2.75) is 29.8 Å². The molecule has 1 aliphatic heterocycles. The van der Waals surface area contributed by atoms with E-state index in [2.05, 4.69) is 22.7 Å². The predicted octanol–water partition coefficient (Wildman–Crippen LogP) is -0.966. The predicted molar refractivity (Wildman–Crippen MR) is 49.7 cm³/mol. The van der Waals surface area contributed by atoms with Gasteiger partial charge in [-0.1, -0.05) is 5.11 Å². The molecule has 0 unspecified atom stereocenters. The van der Waals surface area contributed by atoms with Gasteiger partial charge in [-0.15, -0.1) is 12.6 Å². The zero-order chi connectivity index (χ0) is 10.7. The maximum atomic E-state index is 9.49. The molecule has 0 bridgehead atoms.